The van der Waals surface area contributed by atoms with Gasteiger partial charge in [0.15, 0.2) is 5.96 Å². The minimum absolute atomic E-state index is 0. The molecule has 1 aromatic carbocycles. The summed E-state index contributed by atoms with van der Waals surface area (Å²) in [5.74, 6) is 3.81. The van der Waals surface area contributed by atoms with Crippen LogP contribution in [-0.4, -0.2) is 50.1 Å². The Balaban J connectivity index is 0.00000441. The van der Waals surface area contributed by atoms with Crippen molar-refractivity contribution in [3.8, 4) is 5.75 Å². The Labute approximate surface area is 155 Å². The van der Waals surface area contributed by atoms with E-state index in [1.807, 2.05) is 43.1 Å². The minimum atomic E-state index is 0. The number of benzene rings is 1. The summed E-state index contributed by atoms with van der Waals surface area (Å²) in [6.45, 7) is 5.36. The Hall–Kier alpha value is -0.890. The number of hydrogen-bond acceptors (Lipinski definition) is 3. The lowest BCUT2D eigenvalue weighted by atomic mass is 10.2. The van der Waals surface area contributed by atoms with Crippen LogP contribution in [0.1, 0.15) is 5.56 Å². The van der Waals surface area contributed by atoms with Crippen LogP contribution in [0.25, 0.3) is 0 Å². The molecule has 1 aromatic rings. The topological polar surface area (TPSA) is 36.9 Å². The molecule has 0 atom stereocenters. The molecule has 0 unspecified atom stereocenters. The van der Waals surface area contributed by atoms with Gasteiger partial charge in [-0.2, -0.15) is 11.8 Å². The van der Waals surface area contributed by atoms with Crippen LogP contribution in [-0.2, 0) is 6.54 Å². The van der Waals surface area contributed by atoms with Gasteiger partial charge in [0, 0.05) is 44.3 Å². The van der Waals surface area contributed by atoms with E-state index in [9.17, 15) is 0 Å². The molecule has 4 nitrogen and oxygen atoms in total. The van der Waals surface area contributed by atoms with E-state index in [-0.39, 0.29) is 24.0 Å². The van der Waals surface area contributed by atoms with Gasteiger partial charge in [-0.1, -0.05) is 24.3 Å². The predicted molar refractivity (Wildman–Crippen MR) is 109 cm³/mol. The second-order valence-electron chi connectivity index (χ2n) is 4.51. The summed E-state index contributed by atoms with van der Waals surface area (Å²) in [6, 6.07) is 8.05. The van der Waals surface area contributed by atoms with E-state index in [0.717, 1.165) is 41.9 Å². The Morgan fingerprint density at radius 3 is 2.82 bits per heavy atom. The minimum Gasteiger partial charge on any atom is -0.496 e. The standard InChI is InChI=1S/C16H25N3OS.HI/c1-5-11-21-12-10-18-16(17-2)19(3)13-14-8-6-7-9-15(14)20-4;/h5-9H,1,10-13H2,2-4H3,(H,17,18);1H. The molecule has 0 fully saturated rings. The monoisotopic (exact) mass is 435 g/mol. The predicted octanol–water partition coefficient (Wildman–Crippen LogP) is 3.24. The third kappa shape index (κ3) is 7.40. The van der Waals surface area contributed by atoms with E-state index in [1.54, 1.807) is 14.2 Å². The first-order valence-corrected chi connectivity index (χ1v) is 8.10. The summed E-state index contributed by atoms with van der Waals surface area (Å²) < 4.78 is 5.39. The van der Waals surface area contributed by atoms with Crippen molar-refractivity contribution in [3.63, 3.8) is 0 Å². The maximum atomic E-state index is 5.39. The van der Waals surface area contributed by atoms with Gasteiger partial charge < -0.3 is 15.0 Å². The number of hydrogen-bond donors (Lipinski definition) is 1. The highest BCUT2D eigenvalue weighted by Gasteiger charge is 2.09. The highest BCUT2D eigenvalue weighted by atomic mass is 127. The Bertz CT molecular complexity index is 468. The molecule has 0 amide bonds. The van der Waals surface area contributed by atoms with Gasteiger partial charge in [-0.15, -0.1) is 30.6 Å². The lowest BCUT2D eigenvalue weighted by Gasteiger charge is -2.23. The molecule has 0 saturated heterocycles. The number of methoxy groups -OCH3 is 1. The number of ether oxygens (including phenoxy) is 1. The fraction of sp³-hybridized carbons (Fsp3) is 0.438. The van der Waals surface area contributed by atoms with Crippen molar-refractivity contribution < 1.29 is 4.74 Å². The molecular weight excluding hydrogens is 409 g/mol. The van der Waals surface area contributed by atoms with Crippen LogP contribution in [0.4, 0.5) is 0 Å². The molecule has 0 saturated carbocycles. The van der Waals surface area contributed by atoms with E-state index in [4.69, 9.17) is 4.74 Å². The highest BCUT2D eigenvalue weighted by Crippen LogP contribution is 2.18. The first kappa shape index (κ1) is 21.1. The van der Waals surface area contributed by atoms with Crippen LogP contribution in [0.3, 0.4) is 0 Å². The first-order chi connectivity index (χ1) is 10.2. The summed E-state index contributed by atoms with van der Waals surface area (Å²) in [4.78, 5) is 6.41. The fourth-order valence-electron chi connectivity index (χ4n) is 1.95. The van der Waals surface area contributed by atoms with E-state index in [1.165, 1.54) is 0 Å². The van der Waals surface area contributed by atoms with Crippen LogP contribution in [0.15, 0.2) is 41.9 Å². The average molecular weight is 435 g/mol. The molecule has 0 spiro atoms. The SMILES string of the molecule is C=CCSCCNC(=NC)N(C)Cc1ccccc1OC.I. The Morgan fingerprint density at radius 1 is 1.45 bits per heavy atom. The molecule has 0 aromatic heterocycles. The van der Waals surface area contributed by atoms with Crippen LogP contribution >= 0.6 is 35.7 Å². The van der Waals surface area contributed by atoms with Gasteiger partial charge >= 0.3 is 0 Å². The van der Waals surface area contributed by atoms with E-state index >= 15 is 0 Å². The maximum absolute atomic E-state index is 5.39. The van der Waals surface area contributed by atoms with Gasteiger partial charge in [0.1, 0.15) is 5.75 Å². The van der Waals surface area contributed by atoms with Gasteiger partial charge in [-0.05, 0) is 6.07 Å². The summed E-state index contributed by atoms with van der Waals surface area (Å²) >= 11 is 1.85. The summed E-state index contributed by atoms with van der Waals surface area (Å²) in [6.07, 6.45) is 1.92. The zero-order valence-electron chi connectivity index (χ0n) is 13.5. The van der Waals surface area contributed by atoms with Crippen LogP contribution in [0.2, 0.25) is 0 Å². The molecule has 1 rings (SSSR count). The van der Waals surface area contributed by atoms with E-state index < -0.39 is 0 Å². The molecule has 124 valence electrons. The van der Waals surface area contributed by atoms with Crippen molar-refractivity contribution in [2.75, 3.05) is 39.3 Å². The summed E-state index contributed by atoms with van der Waals surface area (Å²) in [5.41, 5.74) is 1.14. The van der Waals surface area contributed by atoms with Crippen molar-refractivity contribution in [3.05, 3.63) is 42.5 Å². The lowest BCUT2D eigenvalue weighted by Crippen LogP contribution is -2.39. The van der Waals surface area contributed by atoms with Gasteiger partial charge in [0.2, 0.25) is 0 Å². The van der Waals surface area contributed by atoms with Crippen molar-refractivity contribution in [2.45, 2.75) is 6.54 Å². The van der Waals surface area contributed by atoms with Crippen molar-refractivity contribution in [1.29, 1.82) is 0 Å². The summed E-state index contributed by atoms with van der Waals surface area (Å²) in [7, 11) is 5.53. The quantitative estimate of drug-likeness (QED) is 0.224. The molecule has 0 heterocycles. The largest absolute Gasteiger partial charge is 0.496 e. The van der Waals surface area contributed by atoms with Crippen LogP contribution in [0.5, 0.6) is 5.75 Å². The highest BCUT2D eigenvalue weighted by molar-refractivity contribution is 14.0. The maximum Gasteiger partial charge on any atom is 0.193 e. The van der Waals surface area contributed by atoms with Gasteiger partial charge in [-0.3, -0.25) is 4.99 Å². The molecule has 1 N–H and O–H groups in total. The number of guanidine groups is 1. The molecule has 22 heavy (non-hydrogen) atoms. The van der Waals surface area contributed by atoms with E-state index in [2.05, 4.69) is 27.9 Å². The third-order valence-corrected chi connectivity index (χ3v) is 3.90. The number of halogens is 1. The first-order valence-electron chi connectivity index (χ1n) is 6.95. The van der Waals surface area contributed by atoms with Crippen LogP contribution in [0, 0.1) is 0 Å². The number of rotatable bonds is 8. The normalized spacial score (nSPS) is 10.6. The number of aliphatic imine (C=N–C) groups is 1. The molecule has 6 heteroatoms. The van der Waals surface area contributed by atoms with Crippen LogP contribution < -0.4 is 10.1 Å². The fourth-order valence-corrected chi connectivity index (χ4v) is 2.53. The second kappa shape index (κ2) is 12.6. The number of thioether (sulfide) groups is 1. The van der Waals surface area contributed by atoms with Gasteiger partial charge in [-0.25, -0.2) is 0 Å². The zero-order valence-corrected chi connectivity index (χ0v) is 16.7. The third-order valence-electron chi connectivity index (χ3n) is 2.94. The molecular formula is C16H26IN3OS. The smallest absolute Gasteiger partial charge is 0.193 e. The Morgan fingerprint density at radius 2 is 2.18 bits per heavy atom. The van der Waals surface area contributed by atoms with Crippen molar-refractivity contribution in [2.24, 2.45) is 4.99 Å². The van der Waals surface area contributed by atoms with Gasteiger partial charge in [0.25, 0.3) is 0 Å². The second-order valence-corrected chi connectivity index (χ2v) is 5.66. The number of para-hydroxylation sites is 1. The molecule has 0 aliphatic carbocycles. The zero-order chi connectivity index (χ0) is 15.5. The molecule has 0 aliphatic heterocycles. The summed E-state index contributed by atoms with van der Waals surface area (Å²) in [5, 5.41) is 3.37. The van der Waals surface area contributed by atoms with E-state index in [0.29, 0.717) is 0 Å². The van der Waals surface area contributed by atoms with Crippen molar-refractivity contribution >= 4 is 41.7 Å². The molecule has 0 radical (unpaired) electrons. The molecule has 0 bridgehead atoms. The molecule has 0 aliphatic rings. The van der Waals surface area contributed by atoms with Gasteiger partial charge in [0.05, 0.1) is 7.11 Å². The lowest BCUT2D eigenvalue weighted by molar-refractivity contribution is 0.396. The number of nitrogens with zero attached hydrogens (tertiary/aromatic N) is 2. The number of nitrogens with one attached hydrogen (secondary N) is 1. The van der Waals surface area contributed by atoms with Crippen molar-refractivity contribution in [1.82, 2.24) is 10.2 Å². The Kier molecular flexibility index (Phi) is 12.1. The average Bonchev–Trinajstić information content (AvgIpc) is 2.51.